The Bertz CT molecular complexity index is 534. The van der Waals surface area contributed by atoms with Gasteiger partial charge < -0.3 is 15.2 Å². The van der Waals surface area contributed by atoms with E-state index in [1.807, 2.05) is 25.3 Å². The molecule has 0 radical (unpaired) electrons. The average molecular weight is 307 g/mol. The van der Waals surface area contributed by atoms with E-state index in [0.29, 0.717) is 17.3 Å². The number of aromatic nitrogens is 1. The van der Waals surface area contributed by atoms with Gasteiger partial charge in [0.1, 0.15) is 18.5 Å². The third kappa shape index (κ3) is 5.34. The fourth-order valence-corrected chi connectivity index (χ4v) is 1.97. The molecular formula is C16H19ClN2O2. The van der Waals surface area contributed by atoms with Crippen LogP contribution in [-0.2, 0) is 0 Å². The van der Waals surface area contributed by atoms with Crippen molar-refractivity contribution in [1.29, 1.82) is 0 Å². The van der Waals surface area contributed by atoms with Crippen LogP contribution < -0.4 is 10.1 Å². The lowest BCUT2D eigenvalue weighted by Crippen LogP contribution is -2.33. The zero-order chi connectivity index (χ0) is 15.1. The minimum Gasteiger partial charge on any atom is -0.491 e. The monoisotopic (exact) mass is 306 g/mol. The summed E-state index contributed by atoms with van der Waals surface area (Å²) < 4.78 is 5.50. The Morgan fingerprint density at radius 1 is 1.29 bits per heavy atom. The molecule has 0 bridgehead atoms. The van der Waals surface area contributed by atoms with E-state index in [-0.39, 0.29) is 12.6 Å². The Balaban J connectivity index is 1.72. The highest BCUT2D eigenvalue weighted by Gasteiger charge is 2.09. The van der Waals surface area contributed by atoms with Gasteiger partial charge in [0, 0.05) is 30.0 Å². The van der Waals surface area contributed by atoms with Crippen molar-refractivity contribution >= 4 is 11.6 Å². The normalized spacial score (nSPS) is 13.7. The quantitative estimate of drug-likeness (QED) is 0.826. The molecule has 21 heavy (non-hydrogen) atoms. The van der Waals surface area contributed by atoms with Gasteiger partial charge in [0.25, 0.3) is 0 Å². The first-order valence-corrected chi connectivity index (χ1v) is 7.22. The van der Waals surface area contributed by atoms with E-state index < -0.39 is 6.10 Å². The molecule has 112 valence electrons. The second kappa shape index (κ2) is 7.98. The first-order chi connectivity index (χ1) is 10.1. The highest BCUT2D eigenvalue weighted by atomic mass is 35.5. The number of hydrogen-bond donors (Lipinski definition) is 2. The molecule has 0 spiro atoms. The van der Waals surface area contributed by atoms with E-state index in [1.165, 1.54) is 0 Å². The van der Waals surface area contributed by atoms with Gasteiger partial charge in [-0.25, -0.2) is 0 Å². The molecular weight excluding hydrogens is 288 g/mol. The lowest BCUT2D eigenvalue weighted by Gasteiger charge is -2.17. The molecule has 2 aromatic rings. The summed E-state index contributed by atoms with van der Waals surface area (Å²) >= 11 is 5.80. The van der Waals surface area contributed by atoms with Crippen molar-refractivity contribution in [2.75, 3.05) is 13.2 Å². The van der Waals surface area contributed by atoms with Crippen LogP contribution >= 0.6 is 11.6 Å². The third-order valence-corrected chi connectivity index (χ3v) is 3.35. The molecule has 0 aliphatic heterocycles. The number of pyridine rings is 1. The topological polar surface area (TPSA) is 54.4 Å². The molecule has 0 amide bonds. The van der Waals surface area contributed by atoms with Gasteiger partial charge in [-0.15, -0.1) is 0 Å². The zero-order valence-corrected chi connectivity index (χ0v) is 12.6. The molecule has 2 rings (SSSR count). The summed E-state index contributed by atoms with van der Waals surface area (Å²) in [6, 6.07) is 11.1. The molecule has 1 aromatic carbocycles. The molecule has 0 aliphatic rings. The highest BCUT2D eigenvalue weighted by molar-refractivity contribution is 6.30. The first kappa shape index (κ1) is 15.8. The minimum atomic E-state index is -0.584. The Kier molecular flexibility index (Phi) is 5.99. The number of hydrogen-bond acceptors (Lipinski definition) is 4. The third-order valence-electron chi connectivity index (χ3n) is 3.10. The van der Waals surface area contributed by atoms with Gasteiger partial charge in [-0.05, 0) is 42.8 Å². The van der Waals surface area contributed by atoms with Gasteiger partial charge in [-0.2, -0.15) is 0 Å². The molecule has 0 saturated carbocycles. The van der Waals surface area contributed by atoms with Crippen molar-refractivity contribution in [3.8, 4) is 5.75 Å². The zero-order valence-electron chi connectivity index (χ0n) is 11.9. The molecule has 1 heterocycles. The van der Waals surface area contributed by atoms with E-state index in [9.17, 15) is 5.11 Å². The van der Waals surface area contributed by atoms with Crippen LogP contribution in [0.3, 0.4) is 0 Å². The Labute approximate surface area is 129 Å². The predicted molar refractivity (Wildman–Crippen MR) is 83.6 cm³/mol. The number of benzene rings is 1. The molecule has 2 atom stereocenters. The Morgan fingerprint density at radius 3 is 2.71 bits per heavy atom. The number of rotatable bonds is 7. The average Bonchev–Trinajstić information content (AvgIpc) is 2.53. The van der Waals surface area contributed by atoms with Crippen molar-refractivity contribution in [2.24, 2.45) is 0 Å². The van der Waals surface area contributed by atoms with Crippen molar-refractivity contribution in [1.82, 2.24) is 10.3 Å². The second-order valence-electron chi connectivity index (χ2n) is 4.84. The van der Waals surface area contributed by atoms with Gasteiger partial charge in [-0.1, -0.05) is 17.7 Å². The highest BCUT2D eigenvalue weighted by Crippen LogP contribution is 2.15. The van der Waals surface area contributed by atoms with E-state index in [4.69, 9.17) is 16.3 Å². The van der Waals surface area contributed by atoms with Gasteiger partial charge >= 0.3 is 0 Å². The van der Waals surface area contributed by atoms with Crippen LogP contribution in [0.1, 0.15) is 18.5 Å². The maximum atomic E-state index is 9.93. The summed E-state index contributed by atoms with van der Waals surface area (Å²) in [5.74, 6) is 0.693. The summed E-state index contributed by atoms with van der Waals surface area (Å²) in [6.45, 7) is 2.71. The van der Waals surface area contributed by atoms with Crippen molar-refractivity contribution in [3.05, 3.63) is 59.4 Å². The Hall–Kier alpha value is -1.62. The van der Waals surface area contributed by atoms with Crippen molar-refractivity contribution in [2.45, 2.75) is 19.1 Å². The van der Waals surface area contributed by atoms with E-state index in [0.717, 1.165) is 5.56 Å². The van der Waals surface area contributed by atoms with Crippen LogP contribution in [0.5, 0.6) is 5.75 Å². The fourth-order valence-electron chi connectivity index (χ4n) is 1.84. The van der Waals surface area contributed by atoms with Crippen LogP contribution in [0.25, 0.3) is 0 Å². The predicted octanol–water partition coefficient (Wildman–Crippen LogP) is 2.83. The molecule has 1 aromatic heterocycles. The fraction of sp³-hybridized carbons (Fsp3) is 0.312. The number of nitrogens with one attached hydrogen (secondary N) is 1. The van der Waals surface area contributed by atoms with Crippen LogP contribution in [0, 0.1) is 0 Å². The molecule has 4 nitrogen and oxygen atoms in total. The van der Waals surface area contributed by atoms with Gasteiger partial charge in [0.05, 0.1) is 0 Å². The molecule has 0 saturated heterocycles. The molecule has 2 N–H and O–H groups in total. The summed E-state index contributed by atoms with van der Waals surface area (Å²) in [6.07, 6.45) is 2.97. The lowest BCUT2D eigenvalue weighted by atomic mass is 10.1. The molecule has 5 heteroatoms. The van der Waals surface area contributed by atoms with Crippen LogP contribution in [0.4, 0.5) is 0 Å². The van der Waals surface area contributed by atoms with E-state index in [1.54, 1.807) is 30.5 Å². The second-order valence-corrected chi connectivity index (χ2v) is 5.27. The lowest BCUT2D eigenvalue weighted by molar-refractivity contribution is 0.104. The van der Waals surface area contributed by atoms with Gasteiger partial charge in [0.15, 0.2) is 0 Å². The van der Waals surface area contributed by atoms with Crippen LogP contribution in [0.15, 0.2) is 48.8 Å². The smallest absolute Gasteiger partial charge is 0.119 e. The van der Waals surface area contributed by atoms with Gasteiger partial charge in [-0.3, -0.25) is 4.98 Å². The standard InChI is InChI=1S/C16H19ClN2O2/c1-12(13-3-2-8-18-9-13)19-10-15(20)11-21-16-6-4-14(17)5-7-16/h2-9,12,15,19-20H,10-11H2,1H3. The first-order valence-electron chi connectivity index (χ1n) is 6.85. The minimum absolute atomic E-state index is 0.129. The molecule has 2 unspecified atom stereocenters. The Morgan fingerprint density at radius 2 is 2.05 bits per heavy atom. The van der Waals surface area contributed by atoms with Crippen molar-refractivity contribution in [3.63, 3.8) is 0 Å². The summed E-state index contributed by atoms with van der Waals surface area (Å²) in [5, 5.41) is 13.8. The number of halogens is 1. The van der Waals surface area contributed by atoms with E-state index in [2.05, 4.69) is 10.3 Å². The molecule has 0 aliphatic carbocycles. The summed E-state index contributed by atoms with van der Waals surface area (Å²) in [5.41, 5.74) is 1.09. The number of aliphatic hydroxyl groups is 1. The maximum Gasteiger partial charge on any atom is 0.119 e. The van der Waals surface area contributed by atoms with E-state index >= 15 is 0 Å². The van der Waals surface area contributed by atoms with Crippen molar-refractivity contribution < 1.29 is 9.84 Å². The number of ether oxygens (including phenoxy) is 1. The van der Waals surface area contributed by atoms with Crippen LogP contribution in [-0.4, -0.2) is 29.3 Å². The van der Waals surface area contributed by atoms with Crippen LogP contribution in [0.2, 0.25) is 5.02 Å². The molecule has 0 fully saturated rings. The summed E-state index contributed by atoms with van der Waals surface area (Å²) in [7, 11) is 0. The SMILES string of the molecule is CC(NCC(O)COc1ccc(Cl)cc1)c1cccnc1. The maximum absolute atomic E-state index is 9.93. The number of aliphatic hydroxyl groups excluding tert-OH is 1. The van der Waals surface area contributed by atoms with Gasteiger partial charge in [0.2, 0.25) is 0 Å². The number of nitrogens with zero attached hydrogens (tertiary/aromatic N) is 1. The largest absolute Gasteiger partial charge is 0.491 e. The summed E-state index contributed by atoms with van der Waals surface area (Å²) in [4.78, 5) is 4.08.